The van der Waals surface area contributed by atoms with E-state index in [0.29, 0.717) is 26.1 Å². The molecule has 0 amide bonds. The van der Waals surface area contributed by atoms with Crippen LogP contribution in [0.4, 0.5) is 0 Å². The van der Waals surface area contributed by atoms with Crippen LogP contribution in [0.15, 0.2) is 5.11 Å². The van der Waals surface area contributed by atoms with E-state index in [1.54, 1.807) is 0 Å². The number of hydrogen-bond donors (Lipinski definition) is 4. The molecule has 0 saturated carbocycles. The maximum Gasteiger partial charge on any atom is 0.0682 e. The van der Waals surface area contributed by atoms with Crippen molar-refractivity contribution in [1.82, 2.24) is 5.32 Å². The Balaban J connectivity index is 3.07. The summed E-state index contributed by atoms with van der Waals surface area (Å²) in [5, 5.41) is 15.5. The molecule has 0 saturated heterocycles. The Hall–Kier alpha value is -0.520. The van der Waals surface area contributed by atoms with Gasteiger partial charge in [0.15, 0.2) is 0 Å². The Morgan fingerprint density at radius 3 is 2.92 bits per heavy atom. The monoisotopic (exact) mass is 174 g/mol. The summed E-state index contributed by atoms with van der Waals surface area (Å²) in [4.78, 5) is 0. The summed E-state index contributed by atoms with van der Waals surface area (Å²) in [6.45, 7) is 2.48. The van der Waals surface area contributed by atoms with Crippen LogP contribution in [0.1, 0.15) is 12.8 Å². The molecule has 0 radical (unpaired) electrons. The highest BCUT2D eigenvalue weighted by Crippen LogP contribution is 1.89. The number of nitrogens with zero attached hydrogens (tertiary/aromatic N) is 1. The van der Waals surface area contributed by atoms with Gasteiger partial charge in [0.1, 0.15) is 0 Å². The lowest BCUT2D eigenvalue weighted by molar-refractivity contribution is 0.164. The highest BCUT2D eigenvalue weighted by Gasteiger charge is 2.01. The normalized spacial score (nSPS) is 12.8. The van der Waals surface area contributed by atoms with Gasteiger partial charge in [-0.25, -0.2) is 5.53 Å². The third-order valence-corrected chi connectivity index (χ3v) is 1.51. The number of hydrogen-bond acceptors (Lipinski definition) is 5. The zero-order chi connectivity index (χ0) is 9.23. The lowest BCUT2D eigenvalue weighted by Gasteiger charge is -2.09. The van der Waals surface area contributed by atoms with Crippen LogP contribution in [-0.2, 0) is 0 Å². The molecule has 0 rings (SSSR count). The minimum atomic E-state index is -0.392. The van der Waals surface area contributed by atoms with Gasteiger partial charge >= 0.3 is 0 Å². The second-order valence-electron chi connectivity index (χ2n) is 2.67. The van der Waals surface area contributed by atoms with E-state index in [-0.39, 0.29) is 0 Å². The van der Waals surface area contributed by atoms with Crippen molar-refractivity contribution in [3.05, 3.63) is 0 Å². The van der Waals surface area contributed by atoms with Gasteiger partial charge in [-0.3, -0.25) is 0 Å². The molecule has 0 aliphatic rings. The maximum absolute atomic E-state index is 9.24. The third-order valence-electron chi connectivity index (χ3n) is 1.51. The SMILES string of the molecule is N=NCCC(O)CNCCCN. The molecular formula is C7H18N4O. The van der Waals surface area contributed by atoms with Crippen LogP contribution < -0.4 is 11.1 Å². The predicted molar refractivity (Wildman–Crippen MR) is 47.2 cm³/mol. The Morgan fingerprint density at radius 1 is 1.58 bits per heavy atom. The number of aliphatic hydroxyl groups excluding tert-OH is 1. The van der Waals surface area contributed by atoms with Gasteiger partial charge in [0, 0.05) is 6.54 Å². The fourth-order valence-corrected chi connectivity index (χ4v) is 0.811. The van der Waals surface area contributed by atoms with E-state index in [2.05, 4.69) is 10.4 Å². The Kier molecular flexibility index (Phi) is 8.20. The first-order valence-electron chi connectivity index (χ1n) is 4.23. The first-order chi connectivity index (χ1) is 5.81. The second kappa shape index (κ2) is 8.58. The number of nitrogens with one attached hydrogen (secondary N) is 2. The van der Waals surface area contributed by atoms with Crippen molar-refractivity contribution in [2.45, 2.75) is 18.9 Å². The van der Waals surface area contributed by atoms with Gasteiger partial charge in [-0.1, -0.05) is 0 Å². The van der Waals surface area contributed by atoms with E-state index in [0.717, 1.165) is 13.0 Å². The van der Waals surface area contributed by atoms with E-state index in [4.69, 9.17) is 11.3 Å². The number of rotatable bonds is 8. The van der Waals surface area contributed by atoms with Crippen LogP contribution in [0.5, 0.6) is 0 Å². The molecule has 0 bridgehead atoms. The summed E-state index contributed by atoms with van der Waals surface area (Å²) >= 11 is 0. The molecule has 5 heteroatoms. The lowest BCUT2D eigenvalue weighted by atomic mass is 10.2. The third kappa shape index (κ3) is 7.59. The molecule has 0 aromatic heterocycles. The van der Waals surface area contributed by atoms with Gasteiger partial charge in [0.2, 0.25) is 0 Å². The first-order valence-corrected chi connectivity index (χ1v) is 4.23. The molecule has 0 aliphatic carbocycles. The van der Waals surface area contributed by atoms with E-state index in [1.807, 2.05) is 0 Å². The maximum atomic E-state index is 9.24. The van der Waals surface area contributed by atoms with Crippen molar-refractivity contribution < 1.29 is 5.11 Å². The molecule has 5 N–H and O–H groups in total. The minimum absolute atomic E-state index is 0.392. The molecule has 72 valence electrons. The van der Waals surface area contributed by atoms with Crippen LogP contribution in [0.25, 0.3) is 0 Å². The quantitative estimate of drug-likeness (QED) is 0.301. The summed E-state index contributed by atoms with van der Waals surface area (Å²) in [5.74, 6) is 0. The molecule has 1 atom stereocenters. The average Bonchev–Trinajstić information content (AvgIpc) is 2.09. The van der Waals surface area contributed by atoms with Gasteiger partial charge in [0.05, 0.1) is 12.6 Å². The van der Waals surface area contributed by atoms with Gasteiger partial charge in [-0.05, 0) is 25.9 Å². The highest BCUT2D eigenvalue weighted by atomic mass is 16.3. The van der Waals surface area contributed by atoms with Crippen molar-refractivity contribution in [1.29, 1.82) is 5.53 Å². The standard InChI is InChI=1S/C7H18N4O/c8-3-1-4-10-6-7(12)2-5-11-9/h7,9-10,12H,1-6,8H2. The van der Waals surface area contributed by atoms with Crippen molar-refractivity contribution >= 4 is 0 Å². The molecule has 5 nitrogen and oxygen atoms in total. The van der Waals surface area contributed by atoms with Crippen LogP contribution in [0.3, 0.4) is 0 Å². The predicted octanol–water partition coefficient (Wildman–Crippen LogP) is -0.293. The first kappa shape index (κ1) is 11.5. The lowest BCUT2D eigenvalue weighted by Crippen LogP contribution is -2.28. The van der Waals surface area contributed by atoms with Gasteiger partial charge in [-0.15, -0.1) is 0 Å². The number of aliphatic hydroxyl groups is 1. The molecule has 0 spiro atoms. The van der Waals surface area contributed by atoms with Crippen molar-refractivity contribution in [2.75, 3.05) is 26.2 Å². The van der Waals surface area contributed by atoms with Crippen LogP contribution >= 0.6 is 0 Å². The largest absolute Gasteiger partial charge is 0.392 e. The zero-order valence-corrected chi connectivity index (χ0v) is 7.29. The van der Waals surface area contributed by atoms with Crippen molar-refractivity contribution in [3.8, 4) is 0 Å². The smallest absolute Gasteiger partial charge is 0.0682 e. The summed E-state index contributed by atoms with van der Waals surface area (Å²) in [6.07, 6.45) is 1.09. The molecular weight excluding hydrogens is 156 g/mol. The molecule has 0 aromatic carbocycles. The van der Waals surface area contributed by atoms with E-state index in [1.165, 1.54) is 0 Å². The minimum Gasteiger partial charge on any atom is -0.392 e. The summed E-state index contributed by atoms with van der Waals surface area (Å²) in [6, 6.07) is 0. The molecule has 0 aliphatic heterocycles. The Bertz CT molecular complexity index is 110. The number of nitrogens with two attached hydrogens (primary N) is 1. The molecule has 12 heavy (non-hydrogen) atoms. The molecule has 0 fully saturated rings. The van der Waals surface area contributed by atoms with Gasteiger partial charge < -0.3 is 16.2 Å². The molecule has 0 heterocycles. The van der Waals surface area contributed by atoms with E-state index in [9.17, 15) is 5.11 Å². The van der Waals surface area contributed by atoms with Gasteiger partial charge in [-0.2, -0.15) is 5.11 Å². The Morgan fingerprint density at radius 2 is 2.33 bits per heavy atom. The van der Waals surface area contributed by atoms with Crippen LogP contribution in [0, 0.1) is 5.53 Å². The van der Waals surface area contributed by atoms with E-state index < -0.39 is 6.10 Å². The highest BCUT2D eigenvalue weighted by molar-refractivity contribution is 4.60. The van der Waals surface area contributed by atoms with Crippen molar-refractivity contribution in [2.24, 2.45) is 10.8 Å². The molecule has 1 unspecified atom stereocenters. The molecule has 0 aromatic rings. The fraction of sp³-hybridized carbons (Fsp3) is 1.00. The fourth-order valence-electron chi connectivity index (χ4n) is 0.811. The Labute approximate surface area is 72.8 Å². The summed E-state index contributed by atoms with van der Waals surface area (Å²) < 4.78 is 0. The van der Waals surface area contributed by atoms with E-state index >= 15 is 0 Å². The zero-order valence-electron chi connectivity index (χ0n) is 7.29. The van der Waals surface area contributed by atoms with Gasteiger partial charge in [0.25, 0.3) is 0 Å². The van der Waals surface area contributed by atoms with Crippen molar-refractivity contribution in [3.63, 3.8) is 0 Å². The van der Waals surface area contributed by atoms with Crippen LogP contribution in [-0.4, -0.2) is 37.4 Å². The average molecular weight is 174 g/mol. The topological polar surface area (TPSA) is 94.5 Å². The van der Waals surface area contributed by atoms with Crippen LogP contribution in [0.2, 0.25) is 0 Å². The summed E-state index contributed by atoms with van der Waals surface area (Å²) in [7, 11) is 0. The summed E-state index contributed by atoms with van der Waals surface area (Å²) in [5.41, 5.74) is 11.8. The second-order valence-corrected chi connectivity index (χ2v) is 2.67.